The number of alkyl halides is 3. The van der Waals surface area contributed by atoms with Crippen molar-refractivity contribution in [3.05, 3.63) is 28.2 Å². The molecule has 1 aromatic carbocycles. The molecule has 3 N–H and O–H groups in total. The molecule has 0 aliphatic rings. The monoisotopic (exact) mass is 477 g/mol. The summed E-state index contributed by atoms with van der Waals surface area (Å²) >= 11 is 35.0. The molecule has 4 nitrogen and oxygen atoms in total. The van der Waals surface area contributed by atoms with Gasteiger partial charge in [-0.2, -0.15) is 0 Å². The Bertz CT molecular complexity index is 624. The van der Waals surface area contributed by atoms with Crippen LogP contribution in [-0.4, -0.2) is 21.0 Å². The van der Waals surface area contributed by atoms with Crippen LogP contribution in [0.5, 0.6) is 0 Å². The van der Waals surface area contributed by atoms with Gasteiger partial charge in [-0.1, -0.05) is 84.2 Å². The second kappa shape index (κ2) is 11.6. The van der Waals surface area contributed by atoms with E-state index in [1.54, 1.807) is 18.2 Å². The summed E-state index contributed by atoms with van der Waals surface area (Å²) in [4.78, 5) is 12.1. The van der Waals surface area contributed by atoms with Crippen molar-refractivity contribution < 1.29 is 4.79 Å². The van der Waals surface area contributed by atoms with Crippen LogP contribution in [0.15, 0.2) is 18.2 Å². The number of halogens is 5. The number of nitrogens with one attached hydrogen (secondary N) is 3. The number of amides is 1. The van der Waals surface area contributed by atoms with Gasteiger partial charge in [0, 0.05) is 11.4 Å². The predicted octanol–water partition coefficient (Wildman–Crippen LogP) is 6.06. The van der Waals surface area contributed by atoms with Crippen molar-refractivity contribution in [2.75, 3.05) is 5.32 Å². The molecule has 1 unspecified atom stereocenters. The SMILES string of the molecule is CCCCCCC(=O)NC(NC(=S)Nc1ccc(Cl)cc1Cl)C(Cl)(Cl)Cl. The molecule has 1 atom stereocenters. The number of rotatable bonds is 8. The average Bonchev–Trinajstić information content (AvgIpc) is 2.53. The van der Waals surface area contributed by atoms with Gasteiger partial charge in [0.2, 0.25) is 9.70 Å². The van der Waals surface area contributed by atoms with Crippen LogP contribution in [0.25, 0.3) is 0 Å². The van der Waals surface area contributed by atoms with Gasteiger partial charge in [-0.25, -0.2) is 0 Å². The summed E-state index contributed by atoms with van der Waals surface area (Å²) in [6.07, 6.45) is 3.27. The number of hydrogen-bond acceptors (Lipinski definition) is 2. The first-order valence-corrected chi connectivity index (χ1v) is 10.3. The first kappa shape index (κ1) is 23.9. The third-order valence-electron chi connectivity index (χ3n) is 3.34. The maximum Gasteiger partial charge on any atom is 0.228 e. The van der Waals surface area contributed by atoms with E-state index in [4.69, 9.17) is 70.2 Å². The zero-order chi connectivity index (χ0) is 19.7. The molecule has 0 aliphatic heterocycles. The molecule has 0 spiro atoms. The highest BCUT2D eigenvalue weighted by molar-refractivity contribution is 7.80. The van der Waals surface area contributed by atoms with Crippen molar-refractivity contribution in [3.63, 3.8) is 0 Å². The lowest BCUT2D eigenvalue weighted by Gasteiger charge is -2.28. The number of carbonyl (C=O) groups is 1. The molecule has 26 heavy (non-hydrogen) atoms. The summed E-state index contributed by atoms with van der Waals surface area (Å²) in [6.45, 7) is 2.10. The van der Waals surface area contributed by atoms with E-state index < -0.39 is 9.96 Å². The van der Waals surface area contributed by atoms with Crippen molar-refractivity contribution in [3.8, 4) is 0 Å². The Kier molecular flexibility index (Phi) is 10.7. The Morgan fingerprint density at radius 3 is 2.42 bits per heavy atom. The van der Waals surface area contributed by atoms with Crippen molar-refractivity contribution >= 4 is 86.9 Å². The fraction of sp³-hybridized carbons (Fsp3) is 0.500. The lowest BCUT2D eigenvalue weighted by molar-refractivity contribution is -0.122. The van der Waals surface area contributed by atoms with Gasteiger partial charge in [-0.3, -0.25) is 4.79 Å². The fourth-order valence-electron chi connectivity index (χ4n) is 2.03. The number of hydrogen-bond donors (Lipinski definition) is 3. The fourth-order valence-corrected chi connectivity index (χ4v) is 3.04. The van der Waals surface area contributed by atoms with Crippen LogP contribution in [0.2, 0.25) is 10.0 Å². The molecule has 10 heteroatoms. The highest BCUT2D eigenvalue weighted by Gasteiger charge is 2.34. The average molecular weight is 480 g/mol. The predicted molar refractivity (Wildman–Crippen MR) is 117 cm³/mol. The first-order chi connectivity index (χ1) is 12.1. The quantitative estimate of drug-likeness (QED) is 0.184. The van der Waals surface area contributed by atoms with E-state index in [0.29, 0.717) is 22.2 Å². The van der Waals surface area contributed by atoms with Gasteiger partial charge in [-0.15, -0.1) is 0 Å². The highest BCUT2D eigenvalue weighted by atomic mass is 35.6. The molecule has 0 heterocycles. The van der Waals surface area contributed by atoms with Gasteiger partial charge < -0.3 is 16.0 Å². The van der Waals surface area contributed by atoms with Crippen molar-refractivity contribution in [1.29, 1.82) is 0 Å². The van der Waals surface area contributed by atoms with Crippen LogP contribution in [0.1, 0.15) is 39.0 Å². The van der Waals surface area contributed by atoms with Crippen LogP contribution >= 0.6 is 70.2 Å². The minimum atomic E-state index is -1.80. The van der Waals surface area contributed by atoms with E-state index in [2.05, 4.69) is 22.9 Å². The van der Waals surface area contributed by atoms with Gasteiger partial charge in [-0.05, 0) is 36.8 Å². The van der Waals surface area contributed by atoms with E-state index in [1.807, 2.05) is 0 Å². The Balaban J connectivity index is 2.63. The third kappa shape index (κ3) is 9.16. The van der Waals surface area contributed by atoms with Gasteiger partial charge in [0.25, 0.3) is 0 Å². The Morgan fingerprint density at radius 1 is 1.15 bits per heavy atom. The van der Waals surface area contributed by atoms with Crippen LogP contribution in [0, 0.1) is 0 Å². The van der Waals surface area contributed by atoms with Gasteiger partial charge >= 0.3 is 0 Å². The number of unbranched alkanes of at least 4 members (excludes halogenated alkanes) is 3. The molecule has 0 saturated carbocycles. The summed E-state index contributed by atoms with van der Waals surface area (Å²) in [5, 5.41) is 9.32. The van der Waals surface area contributed by atoms with E-state index >= 15 is 0 Å². The van der Waals surface area contributed by atoms with Gasteiger partial charge in [0.15, 0.2) is 5.11 Å². The number of thiocarbonyl (C=S) groups is 1. The minimum Gasteiger partial charge on any atom is -0.339 e. The van der Waals surface area contributed by atoms with Gasteiger partial charge in [0.05, 0.1) is 10.7 Å². The van der Waals surface area contributed by atoms with Crippen molar-refractivity contribution in [2.24, 2.45) is 0 Å². The van der Waals surface area contributed by atoms with Crippen molar-refractivity contribution in [1.82, 2.24) is 10.6 Å². The number of anilines is 1. The van der Waals surface area contributed by atoms with Crippen LogP contribution in [0.4, 0.5) is 5.69 Å². The second-order valence-electron chi connectivity index (χ2n) is 5.58. The zero-order valence-electron chi connectivity index (χ0n) is 14.1. The summed E-state index contributed by atoms with van der Waals surface area (Å²) in [5.74, 6) is -0.225. The molecule has 0 radical (unpaired) electrons. The molecule has 1 amide bonds. The largest absolute Gasteiger partial charge is 0.339 e. The molecule has 0 fully saturated rings. The minimum absolute atomic E-state index is 0.136. The standard InChI is InChI=1S/C16H20Cl5N3OS/c1-2-3-4-5-6-13(25)23-14(16(19,20)21)24-15(26)22-12-8-7-10(17)9-11(12)18/h7-9,14H,2-6H2,1H3,(H,23,25)(H2,22,24,26). The topological polar surface area (TPSA) is 53.2 Å². The maximum absolute atomic E-state index is 12.1. The van der Waals surface area contributed by atoms with E-state index in [0.717, 1.165) is 25.7 Å². The Labute approximate surface area is 184 Å². The molecule has 1 aromatic rings. The molecular formula is C16H20Cl5N3OS. The summed E-state index contributed by atoms with van der Waals surface area (Å²) in [5.41, 5.74) is 0.530. The van der Waals surface area contributed by atoms with Crippen LogP contribution < -0.4 is 16.0 Å². The van der Waals surface area contributed by atoms with Crippen LogP contribution in [0.3, 0.4) is 0 Å². The van der Waals surface area contributed by atoms with Crippen LogP contribution in [-0.2, 0) is 4.79 Å². The van der Waals surface area contributed by atoms with Gasteiger partial charge in [0.1, 0.15) is 6.17 Å². The molecule has 0 aliphatic carbocycles. The molecular weight excluding hydrogens is 460 g/mol. The smallest absolute Gasteiger partial charge is 0.228 e. The van der Waals surface area contributed by atoms with E-state index in [1.165, 1.54) is 0 Å². The Hall–Kier alpha value is -0.170. The normalized spacial score (nSPS) is 12.4. The Morgan fingerprint density at radius 2 is 1.85 bits per heavy atom. The summed E-state index contributed by atoms with van der Waals surface area (Å²) in [7, 11) is 0. The molecule has 0 bridgehead atoms. The highest BCUT2D eigenvalue weighted by Crippen LogP contribution is 2.30. The number of benzene rings is 1. The van der Waals surface area contributed by atoms with E-state index in [9.17, 15) is 4.79 Å². The molecule has 0 aromatic heterocycles. The molecule has 146 valence electrons. The summed E-state index contributed by atoms with van der Waals surface area (Å²) in [6, 6.07) is 4.89. The lowest BCUT2D eigenvalue weighted by Crippen LogP contribution is -2.56. The second-order valence-corrected chi connectivity index (χ2v) is 9.20. The molecule has 0 saturated heterocycles. The van der Waals surface area contributed by atoms with Crippen molar-refractivity contribution in [2.45, 2.75) is 49.0 Å². The first-order valence-electron chi connectivity index (χ1n) is 8.02. The molecule has 1 rings (SSSR count). The third-order valence-corrected chi connectivity index (χ3v) is 4.77. The number of carbonyl (C=O) groups excluding carboxylic acids is 1. The summed E-state index contributed by atoms with van der Waals surface area (Å²) < 4.78 is -1.80. The lowest BCUT2D eigenvalue weighted by atomic mass is 10.1. The zero-order valence-corrected chi connectivity index (χ0v) is 18.6. The maximum atomic E-state index is 12.1. The van der Waals surface area contributed by atoms with E-state index in [-0.39, 0.29) is 11.0 Å².